The van der Waals surface area contributed by atoms with Crippen LogP contribution in [0, 0.1) is 6.92 Å². The summed E-state index contributed by atoms with van der Waals surface area (Å²) in [4.78, 5) is 11.9. The van der Waals surface area contributed by atoms with Crippen LogP contribution in [0.4, 0.5) is 0 Å². The zero-order chi connectivity index (χ0) is 16.9. The Morgan fingerprint density at radius 3 is 2.46 bits per heavy atom. The van der Waals surface area contributed by atoms with E-state index in [9.17, 15) is 4.79 Å². The number of carbonyl (C=O) groups excluding carboxylic acids is 1. The summed E-state index contributed by atoms with van der Waals surface area (Å²) in [6.07, 6.45) is 2.13. The highest BCUT2D eigenvalue weighted by atomic mass is 16.5. The minimum absolute atomic E-state index is 0.164. The highest BCUT2D eigenvalue weighted by Crippen LogP contribution is 2.25. The number of ether oxygens (including phenoxy) is 1. The first-order valence-electron chi connectivity index (χ1n) is 8.04. The van der Waals surface area contributed by atoms with Crippen LogP contribution in [0.1, 0.15) is 18.2 Å². The van der Waals surface area contributed by atoms with Gasteiger partial charge in [0.05, 0.1) is 24.4 Å². The highest BCUT2D eigenvalue weighted by Gasteiger charge is 2.16. The van der Waals surface area contributed by atoms with Gasteiger partial charge >= 0.3 is 5.97 Å². The van der Waals surface area contributed by atoms with Gasteiger partial charge in [-0.25, -0.2) is 4.68 Å². The summed E-state index contributed by atoms with van der Waals surface area (Å²) in [7, 11) is 0. The van der Waals surface area contributed by atoms with Gasteiger partial charge in [0.25, 0.3) is 0 Å². The molecule has 0 N–H and O–H groups in total. The largest absolute Gasteiger partial charge is 0.466 e. The number of benzene rings is 2. The van der Waals surface area contributed by atoms with Crippen LogP contribution >= 0.6 is 0 Å². The molecule has 0 fully saturated rings. The van der Waals surface area contributed by atoms with Crippen LogP contribution in [0.15, 0.2) is 60.8 Å². The molecule has 4 nitrogen and oxygen atoms in total. The highest BCUT2D eigenvalue weighted by molar-refractivity contribution is 5.76. The lowest BCUT2D eigenvalue weighted by molar-refractivity contribution is -0.142. The van der Waals surface area contributed by atoms with E-state index in [1.807, 2.05) is 65.5 Å². The van der Waals surface area contributed by atoms with E-state index in [-0.39, 0.29) is 12.4 Å². The predicted octanol–water partition coefficient (Wildman–Crippen LogP) is 3.95. The lowest BCUT2D eigenvalue weighted by Crippen LogP contribution is -2.09. The monoisotopic (exact) mass is 320 g/mol. The topological polar surface area (TPSA) is 44.1 Å². The fraction of sp³-hybridized carbons (Fsp3) is 0.200. The van der Waals surface area contributed by atoms with Gasteiger partial charge in [0.2, 0.25) is 0 Å². The third-order valence-electron chi connectivity index (χ3n) is 3.79. The minimum Gasteiger partial charge on any atom is -0.466 e. The molecule has 1 aromatic heterocycles. The molecule has 0 aliphatic rings. The van der Waals surface area contributed by atoms with Gasteiger partial charge in [-0.1, -0.05) is 48.0 Å². The zero-order valence-electron chi connectivity index (χ0n) is 13.9. The Balaban J connectivity index is 2.01. The summed E-state index contributed by atoms with van der Waals surface area (Å²) in [6.45, 7) is 4.23. The summed E-state index contributed by atoms with van der Waals surface area (Å²) in [5.41, 5.74) is 4.87. The van der Waals surface area contributed by atoms with Crippen LogP contribution in [0.25, 0.3) is 16.8 Å². The van der Waals surface area contributed by atoms with E-state index >= 15 is 0 Å². The molecule has 24 heavy (non-hydrogen) atoms. The van der Waals surface area contributed by atoms with Crippen LogP contribution in [0.3, 0.4) is 0 Å². The summed E-state index contributed by atoms with van der Waals surface area (Å²) >= 11 is 0. The van der Waals surface area contributed by atoms with Crippen molar-refractivity contribution in [3.05, 3.63) is 72.1 Å². The van der Waals surface area contributed by atoms with Gasteiger partial charge in [-0.3, -0.25) is 4.79 Å². The van der Waals surface area contributed by atoms with Crippen molar-refractivity contribution in [2.24, 2.45) is 0 Å². The Hall–Kier alpha value is -2.88. The fourth-order valence-corrected chi connectivity index (χ4v) is 2.58. The van der Waals surface area contributed by atoms with E-state index in [2.05, 4.69) is 12.0 Å². The second-order valence-electron chi connectivity index (χ2n) is 5.62. The molecule has 0 saturated carbocycles. The average Bonchev–Trinajstić information content (AvgIpc) is 3.00. The SMILES string of the molecule is CCOC(=O)Cc1nn(-c2ccc(C)cc2)cc1-c1ccccc1. The molecule has 0 atom stereocenters. The number of rotatable bonds is 5. The number of esters is 1. The van der Waals surface area contributed by atoms with Gasteiger partial charge in [-0.15, -0.1) is 0 Å². The summed E-state index contributed by atoms with van der Waals surface area (Å²) in [6, 6.07) is 18.1. The van der Waals surface area contributed by atoms with Crippen molar-refractivity contribution in [2.45, 2.75) is 20.3 Å². The van der Waals surface area contributed by atoms with E-state index in [4.69, 9.17) is 4.74 Å². The lowest BCUT2D eigenvalue weighted by Gasteiger charge is -2.02. The molecule has 2 aromatic carbocycles. The molecule has 1 heterocycles. The summed E-state index contributed by atoms with van der Waals surface area (Å²) in [5, 5.41) is 4.62. The van der Waals surface area contributed by atoms with E-state index in [0.717, 1.165) is 22.5 Å². The van der Waals surface area contributed by atoms with Crippen LogP contribution in [0.2, 0.25) is 0 Å². The van der Waals surface area contributed by atoms with Gasteiger partial charge < -0.3 is 4.74 Å². The average molecular weight is 320 g/mol. The second-order valence-corrected chi connectivity index (χ2v) is 5.62. The van der Waals surface area contributed by atoms with Crippen molar-refractivity contribution in [1.82, 2.24) is 9.78 Å². The molecular weight excluding hydrogens is 300 g/mol. The van der Waals surface area contributed by atoms with Crippen LogP contribution < -0.4 is 0 Å². The van der Waals surface area contributed by atoms with E-state index in [0.29, 0.717) is 6.61 Å². The van der Waals surface area contributed by atoms with Crippen LogP contribution in [-0.4, -0.2) is 22.4 Å². The Bertz CT molecular complexity index is 821. The molecule has 0 bridgehead atoms. The van der Waals surface area contributed by atoms with Gasteiger partial charge in [0.1, 0.15) is 0 Å². The smallest absolute Gasteiger partial charge is 0.311 e. The number of aromatic nitrogens is 2. The Morgan fingerprint density at radius 1 is 1.08 bits per heavy atom. The number of nitrogens with zero attached hydrogens (tertiary/aromatic N) is 2. The van der Waals surface area contributed by atoms with Crippen molar-refractivity contribution in [3.63, 3.8) is 0 Å². The minimum atomic E-state index is -0.260. The van der Waals surface area contributed by atoms with Crippen molar-refractivity contribution in [3.8, 4) is 16.8 Å². The maximum Gasteiger partial charge on any atom is 0.311 e. The lowest BCUT2D eigenvalue weighted by atomic mass is 10.1. The Kier molecular flexibility index (Phi) is 4.75. The first-order valence-corrected chi connectivity index (χ1v) is 8.04. The predicted molar refractivity (Wildman–Crippen MR) is 94.1 cm³/mol. The first-order chi connectivity index (χ1) is 11.7. The molecule has 4 heteroatoms. The van der Waals surface area contributed by atoms with Gasteiger partial charge in [0.15, 0.2) is 0 Å². The maximum atomic E-state index is 11.9. The quantitative estimate of drug-likeness (QED) is 0.669. The Morgan fingerprint density at radius 2 is 1.79 bits per heavy atom. The van der Waals surface area contributed by atoms with Crippen LogP contribution in [0.5, 0.6) is 0 Å². The third-order valence-corrected chi connectivity index (χ3v) is 3.79. The molecule has 0 spiro atoms. The maximum absolute atomic E-state index is 11.9. The molecular formula is C20H20N2O2. The Labute approximate surface area is 141 Å². The zero-order valence-corrected chi connectivity index (χ0v) is 13.9. The molecule has 122 valence electrons. The van der Waals surface area contributed by atoms with E-state index < -0.39 is 0 Å². The standard InChI is InChI=1S/C20H20N2O2/c1-3-24-20(23)13-19-18(16-7-5-4-6-8-16)14-22(21-19)17-11-9-15(2)10-12-17/h4-12,14H,3,13H2,1-2H3. The van der Waals surface area contributed by atoms with Crippen molar-refractivity contribution < 1.29 is 9.53 Å². The first kappa shape index (κ1) is 16.0. The number of hydrogen-bond acceptors (Lipinski definition) is 3. The second kappa shape index (κ2) is 7.13. The normalized spacial score (nSPS) is 10.6. The molecule has 0 saturated heterocycles. The van der Waals surface area contributed by atoms with Gasteiger partial charge in [-0.2, -0.15) is 5.10 Å². The molecule has 3 rings (SSSR count). The summed E-state index contributed by atoms with van der Waals surface area (Å²) in [5.74, 6) is -0.260. The number of carbonyl (C=O) groups is 1. The molecule has 0 radical (unpaired) electrons. The molecule has 0 aliphatic heterocycles. The van der Waals surface area contributed by atoms with Crippen molar-refractivity contribution in [2.75, 3.05) is 6.61 Å². The molecule has 0 aliphatic carbocycles. The third kappa shape index (κ3) is 3.54. The number of aryl methyl sites for hydroxylation is 1. The molecule has 0 unspecified atom stereocenters. The van der Waals surface area contributed by atoms with Gasteiger partial charge in [-0.05, 0) is 31.5 Å². The van der Waals surface area contributed by atoms with Crippen molar-refractivity contribution >= 4 is 5.97 Å². The van der Waals surface area contributed by atoms with E-state index in [1.165, 1.54) is 5.56 Å². The van der Waals surface area contributed by atoms with E-state index in [1.54, 1.807) is 6.92 Å². The fourth-order valence-electron chi connectivity index (χ4n) is 2.58. The van der Waals surface area contributed by atoms with Crippen molar-refractivity contribution in [1.29, 1.82) is 0 Å². The molecule has 3 aromatic rings. The summed E-state index contributed by atoms with van der Waals surface area (Å²) < 4.78 is 6.89. The number of hydrogen-bond donors (Lipinski definition) is 0. The van der Waals surface area contributed by atoms with Gasteiger partial charge in [0, 0.05) is 11.8 Å². The molecule has 0 amide bonds. The van der Waals surface area contributed by atoms with Crippen LogP contribution in [-0.2, 0) is 16.0 Å².